The Morgan fingerprint density at radius 2 is 2.06 bits per heavy atom. The van der Waals surface area contributed by atoms with Crippen LogP contribution in [0, 0.1) is 6.92 Å². The maximum absolute atomic E-state index is 6.02. The molecule has 0 atom stereocenters. The van der Waals surface area contributed by atoms with Crippen molar-refractivity contribution in [1.82, 2.24) is 9.78 Å². The molecule has 1 aromatic carbocycles. The normalized spacial score (nSPS) is 10.7. The van der Waals surface area contributed by atoms with Gasteiger partial charge in [0, 0.05) is 30.1 Å². The van der Waals surface area contributed by atoms with Gasteiger partial charge in [-0.2, -0.15) is 5.10 Å². The summed E-state index contributed by atoms with van der Waals surface area (Å²) in [7, 11) is 1.94. The second-order valence-corrected chi connectivity index (χ2v) is 4.11. The van der Waals surface area contributed by atoms with Crippen LogP contribution < -0.4 is 5.73 Å². The van der Waals surface area contributed by atoms with Crippen LogP contribution in [0.5, 0.6) is 0 Å². The van der Waals surface area contributed by atoms with Crippen LogP contribution in [0.2, 0.25) is 0 Å². The van der Waals surface area contributed by atoms with E-state index in [2.05, 4.69) is 25.0 Å². The van der Waals surface area contributed by atoms with Gasteiger partial charge in [0.05, 0.1) is 5.69 Å². The minimum atomic E-state index is 0.813. The van der Waals surface area contributed by atoms with Crippen LogP contribution in [-0.2, 0) is 13.5 Å². The van der Waals surface area contributed by atoms with Gasteiger partial charge in [-0.05, 0) is 25.5 Å². The standard InChI is InChI=1S/C13H17N3/c1-4-13-11(8-16(3)15-13)10-7-9(2)5-6-12(10)14/h5-8H,4,14H2,1-3H3. The summed E-state index contributed by atoms with van der Waals surface area (Å²) in [6.45, 7) is 4.18. The Bertz CT molecular complexity index is 512. The SMILES string of the molecule is CCc1nn(C)cc1-c1cc(C)ccc1N. The van der Waals surface area contributed by atoms with Crippen LogP contribution in [-0.4, -0.2) is 9.78 Å². The number of anilines is 1. The van der Waals surface area contributed by atoms with E-state index in [1.807, 2.05) is 30.1 Å². The number of benzene rings is 1. The third-order valence-electron chi connectivity index (χ3n) is 2.74. The van der Waals surface area contributed by atoms with E-state index in [9.17, 15) is 0 Å². The minimum absolute atomic E-state index is 0.813. The van der Waals surface area contributed by atoms with Crippen molar-refractivity contribution in [1.29, 1.82) is 0 Å². The molecule has 0 amide bonds. The quantitative estimate of drug-likeness (QED) is 0.782. The highest BCUT2D eigenvalue weighted by atomic mass is 15.2. The zero-order valence-corrected chi connectivity index (χ0v) is 9.99. The van der Waals surface area contributed by atoms with Crippen LogP contribution >= 0.6 is 0 Å². The summed E-state index contributed by atoms with van der Waals surface area (Å²) in [5, 5.41) is 4.44. The molecule has 16 heavy (non-hydrogen) atoms. The van der Waals surface area contributed by atoms with Crippen molar-refractivity contribution in [2.75, 3.05) is 5.73 Å². The summed E-state index contributed by atoms with van der Waals surface area (Å²) in [5.74, 6) is 0. The van der Waals surface area contributed by atoms with E-state index < -0.39 is 0 Å². The van der Waals surface area contributed by atoms with Crippen LogP contribution in [0.25, 0.3) is 11.1 Å². The van der Waals surface area contributed by atoms with Crippen LogP contribution in [0.3, 0.4) is 0 Å². The van der Waals surface area contributed by atoms with Crippen molar-refractivity contribution < 1.29 is 0 Å². The monoisotopic (exact) mass is 215 g/mol. The molecule has 3 heteroatoms. The molecule has 2 N–H and O–H groups in total. The number of aromatic nitrogens is 2. The van der Waals surface area contributed by atoms with Crippen LogP contribution in [0.15, 0.2) is 24.4 Å². The minimum Gasteiger partial charge on any atom is -0.398 e. The van der Waals surface area contributed by atoms with Crippen molar-refractivity contribution in [3.05, 3.63) is 35.7 Å². The van der Waals surface area contributed by atoms with Crippen molar-refractivity contribution in [2.45, 2.75) is 20.3 Å². The Morgan fingerprint density at radius 1 is 1.31 bits per heavy atom. The predicted octanol–water partition coefficient (Wildman–Crippen LogP) is 2.54. The number of nitrogens with two attached hydrogens (primary N) is 1. The van der Waals surface area contributed by atoms with Gasteiger partial charge in [-0.3, -0.25) is 4.68 Å². The zero-order chi connectivity index (χ0) is 11.7. The smallest absolute Gasteiger partial charge is 0.0700 e. The number of aryl methyl sites for hydroxylation is 3. The maximum Gasteiger partial charge on any atom is 0.0700 e. The summed E-state index contributed by atoms with van der Waals surface area (Å²) in [4.78, 5) is 0. The molecule has 0 fully saturated rings. The molecule has 2 aromatic rings. The van der Waals surface area contributed by atoms with Crippen molar-refractivity contribution in [2.24, 2.45) is 7.05 Å². The highest BCUT2D eigenvalue weighted by molar-refractivity contribution is 5.78. The van der Waals surface area contributed by atoms with E-state index in [-0.39, 0.29) is 0 Å². The molecule has 1 aromatic heterocycles. The van der Waals surface area contributed by atoms with E-state index in [0.29, 0.717) is 0 Å². The summed E-state index contributed by atoms with van der Waals surface area (Å²) in [5.41, 5.74) is 11.4. The van der Waals surface area contributed by atoms with Crippen LogP contribution in [0.1, 0.15) is 18.2 Å². The van der Waals surface area contributed by atoms with Gasteiger partial charge in [-0.15, -0.1) is 0 Å². The van der Waals surface area contributed by atoms with Gasteiger partial charge in [0.15, 0.2) is 0 Å². The highest BCUT2D eigenvalue weighted by Crippen LogP contribution is 2.29. The third-order valence-corrected chi connectivity index (χ3v) is 2.74. The van der Waals surface area contributed by atoms with E-state index in [1.165, 1.54) is 5.56 Å². The van der Waals surface area contributed by atoms with Crippen molar-refractivity contribution in [3.63, 3.8) is 0 Å². The Kier molecular flexibility index (Phi) is 2.69. The second kappa shape index (κ2) is 4.00. The van der Waals surface area contributed by atoms with Gasteiger partial charge in [0.1, 0.15) is 0 Å². The van der Waals surface area contributed by atoms with E-state index in [0.717, 1.165) is 28.9 Å². The maximum atomic E-state index is 6.02. The summed E-state index contributed by atoms with van der Waals surface area (Å²) < 4.78 is 1.84. The average Bonchev–Trinajstić information content (AvgIpc) is 2.63. The molecule has 0 aliphatic rings. The lowest BCUT2D eigenvalue weighted by atomic mass is 10.0. The van der Waals surface area contributed by atoms with E-state index in [1.54, 1.807) is 0 Å². The lowest BCUT2D eigenvalue weighted by Gasteiger charge is -2.06. The lowest BCUT2D eigenvalue weighted by Crippen LogP contribution is -1.92. The van der Waals surface area contributed by atoms with Crippen LogP contribution in [0.4, 0.5) is 5.69 Å². The molecule has 84 valence electrons. The first kappa shape index (κ1) is 10.7. The predicted molar refractivity (Wildman–Crippen MR) is 67.2 cm³/mol. The molecule has 1 heterocycles. The van der Waals surface area contributed by atoms with Crippen molar-refractivity contribution >= 4 is 5.69 Å². The number of nitrogen functional groups attached to an aromatic ring is 1. The Balaban J connectivity index is 2.61. The Morgan fingerprint density at radius 3 is 2.75 bits per heavy atom. The molecule has 0 saturated carbocycles. The lowest BCUT2D eigenvalue weighted by molar-refractivity contribution is 0.746. The fourth-order valence-corrected chi connectivity index (χ4v) is 1.92. The number of nitrogens with zero attached hydrogens (tertiary/aromatic N) is 2. The molecular weight excluding hydrogens is 198 g/mol. The van der Waals surface area contributed by atoms with Gasteiger partial charge in [0.2, 0.25) is 0 Å². The number of hydrogen-bond acceptors (Lipinski definition) is 2. The molecule has 0 bridgehead atoms. The van der Waals surface area contributed by atoms with E-state index in [4.69, 9.17) is 5.73 Å². The summed E-state index contributed by atoms with van der Waals surface area (Å²) in [6, 6.07) is 6.10. The average molecular weight is 215 g/mol. The molecule has 2 rings (SSSR count). The molecule has 0 radical (unpaired) electrons. The third kappa shape index (κ3) is 1.81. The van der Waals surface area contributed by atoms with Gasteiger partial charge in [0.25, 0.3) is 0 Å². The molecular formula is C13H17N3. The molecule has 0 aliphatic heterocycles. The number of hydrogen-bond donors (Lipinski definition) is 1. The fourth-order valence-electron chi connectivity index (χ4n) is 1.92. The fraction of sp³-hybridized carbons (Fsp3) is 0.308. The molecule has 0 unspecified atom stereocenters. The largest absolute Gasteiger partial charge is 0.398 e. The van der Waals surface area contributed by atoms with Gasteiger partial charge < -0.3 is 5.73 Å². The van der Waals surface area contributed by atoms with Gasteiger partial charge in [-0.25, -0.2) is 0 Å². The highest BCUT2D eigenvalue weighted by Gasteiger charge is 2.10. The van der Waals surface area contributed by atoms with Crippen molar-refractivity contribution in [3.8, 4) is 11.1 Å². The summed E-state index contributed by atoms with van der Waals surface area (Å²) in [6.07, 6.45) is 2.95. The van der Waals surface area contributed by atoms with Gasteiger partial charge in [-0.1, -0.05) is 18.6 Å². The Labute approximate surface area is 95.9 Å². The number of rotatable bonds is 2. The Hall–Kier alpha value is -1.77. The molecule has 0 saturated heterocycles. The topological polar surface area (TPSA) is 43.8 Å². The van der Waals surface area contributed by atoms with E-state index >= 15 is 0 Å². The molecule has 0 spiro atoms. The summed E-state index contributed by atoms with van der Waals surface area (Å²) >= 11 is 0. The first-order valence-electron chi connectivity index (χ1n) is 5.51. The second-order valence-electron chi connectivity index (χ2n) is 4.11. The molecule has 3 nitrogen and oxygen atoms in total. The van der Waals surface area contributed by atoms with Gasteiger partial charge >= 0.3 is 0 Å². The zero-order valence-electron chi connectivity index (χ0n) is 9.99. The first-order valence-corrected chi connectivity index (χ1v) is 5.51. The molecule has 0 aliphatic carbocycles. The first-order chi connectivity index (χ1) is 7.61.